The van der Waals surface area contributed by atoms with Crippen LogP contribution in [0.25, 0.3) is 10.4 Å². The molecule has 0 aromatic carbocycles. The van der Waals surface area contributed by atoms with Gasteiger partial charge in [-0.2, -0.15) is 0 Å². The number of aromatic nitrogens is 1. The van der Waals surface area contributed by atoms with Gasteiger partial charge in [0.2, 0.25) is 5.43 Å². The maximum absolute atomic E-state index is 11.7. The number of azide groups is 1. The summed E-state index contributed by atoms with van der Waals surface area (Å²) < 4.78 is 6.81. The summed E-state index contributed by atoms with van der Waals surface area (Å²) in [5.74, 6) is 0.159. The topological polar surface area (TPSA) is 100 Å². The first kappa shape index (κ1) is 14.1. The molecule has 0 saturated carbocycles. The first-order valence-corrected chi connectivity index (χ1v) is 5.54. The smallest absolute Gasteiger partial charge is 0.224 e. The standard InChI is InChI=1S/C11H16N4O3/c1-8-6-10(17)11(18-2)9(7-16)15(8)5-3-4-13-14-12/h6,16H,3-5,7H2,1-2H3. The van der Waals surface area contributed by atoms with E-state index >= 15 is 0 Å². The van der Waals surface area contributed by atoms with Crippen molar-refractivity contribution in [3.8, 4) is 5.75 Å². The fourth-order valence-corrected chi connectivity index (χ4v) is 1.84. The van der Waals surface area contributed by atoms with E-state index in [0.29, 0.717) is 25.2 Å². The van der Waals surface area contributed by atoms with Crippen LogP contribution < -0.4 is 10.2 Å². The summed E-state index contributed by atoms with van der Waals surface area (Å²) >= 11 is 0. The number of methoxy groups -OCH3 is 1. The Kier molecular flexibility index (Phi) is 5.23. The summed E-state index contributed by atoms with van der Waals surface area (Å²) in [5, 5.41) is 12.8. The molecule has 1 aromatic heterocycles. The minimum Gasteiger partial charge on any atom is -0.491 e. The van der Waals surface area contributed by atoms with E-state index < -0.39 is 0 Å². The Morgan fingerprint density at radius 2 is 2.33 bits per heavy atom. The number of aliphatic hydroxyl groups excluding tert-OH is 1. The van der Waals surface area contributed by atoms with Crippen molar-refractivity contribution in [2.45, 2.75) is 26.5 Å². The molecule has 0 aliphatic heterocycles. The van der Waals surface area contributed by atoms with E-state index in [2.05, 4.69) is 10.0 Å². The highest BCUT2D eigenvalue weighted by Crippen LogP contribution is 2.16. The van der Waals surface area contributed by atoms with E-state index in [4.69, 9.17) is 10.3 Å². The number of aryl methyl sites for hydroxylation is 1. The minimum atomic E-state index is -0.276. The molecule has 0 fully saturated rings. The van der Waals surface area contributed by atoms with Crippen LogP contribution in [0.15, 0.2) is 16.0 Å². The largest absolute Gasteiger partial charge is 0.491 e. The van der Waals surface area contributed by atoms with Gasteiger partial charge in [0, 0.05) is 29.8 Å². The summed E-state index contributed by atoms with van der Waals surface area (Å²) in [5.41, 5.74) is 9.13. The zero-order valence-corrected chi connectivity index (χ0v) is 10.5. The summed E-state index contributed by atoms with van der Waals surface area (Å²) in [6, 6.07) is 1.46. The van der Waals surface area contributed by atoms with E-state index in [1.165, 1.54) is 13.2 Å². The van der Waals surface area contributed by atoms with Crippen molar-refractivity contribution < 1.29 is 9.84 Å². The van der Waals surface area contributed by atoms with Crippen molar-refractivity contribution in [1.82, 2.24) is 4.57 Å². The molecular weight excluding hydrogens is 236 g/mol. The van der Waals surface area contributed by atoms with Crippen molar-refractivity contribution in [2.75, 3.05) is 13.7 Å². The average molecular weight is 252 g/mol. The molecule has 0 saturated heterocycles. The first-order chi connectivity index (χ1) is 8.65. The van der Waals surface area contributed by atoms with Crippen LogP contribution in [0.3, 0.4) is 0 Å². The van der Waals surface area contributed by atoms with Gasteiger partial charge >= 0.3 is 0 Å². The second-order valence-corrected chi connectivity index (χ2v) is 3.75. The summed E-state index contributed by atoms with van der Waals surface area (Å²) in [6.07, 6.45) is 0.629. The van der Waals surface area contributed by atoms with Crippen molar-refractivity contribution in [2.24, 2.45) is 5.11 Å². The van der Waals surface area contributed by atoms with Crippen LogP contribution >= 0.6 is 0 Å². The van der Waals surface area contributed by atoms with E-state index in [1.807, 2.05) is 0 Å². The molecule has 1 aromatic rings. The van der Waals surface area contributed by atoms with E-state index in [1.54, 1.807) is 11.5 Å². The molecule has 0 aliphatic carbocycles. The van der Waals surface area contributed by atoms with Crippen molar-refractivity contribution >= 4 is 0 Å². The lowest BCUT2D eigenvalue weighted by molar-refractivity contribution is 0.258. The van der Waals surface area contributed by atoms with Crippen LogP contribution in [0.2, 0.25) is 0 Å². The molecule has 18 heavy (non-hydrogen) atoms. The number of pyridine rings is 1. The molecule has 0 unspecified atom stereocenters. The van der Waals surface area contributed by atoms with Crippen LogP contribution in [0.5, 0.6) is 5.75 Å². The Morgan fingerprint density at radius 3 is 2.89 bits per heavy atom. The van der Waals surface area contributed by atoms with E-state index in [0.717, 1.165) is 5.69 Å². The van der Waals surface area contributed by atoms with Gasteiger partial charge < -0.3 is 14.4 Å². The average Bonchev–Trinajstić information content (AvgIpc) is 2.35. The predicted molar refractivity (Wildman–Crippen MR) is 66.5 cm³/mol. The van der Waals surface area contributed by atoms with Crippen LogP contribution in [0.1, 0.15) is 17.8 Å². The molecule has 0 aliphatic rings. The molecule has 0 bridgehead atoms. The molecule has 98 valence electrons. The maximum atomic E-state index is 11.7. The highest BCUT2D eigenvalue weighted by Gasteiger charge is 2.13. The lowest BCUT2D eigenvalue weighted by Crippen LogP contribution is -2.19. The molecule has 7 heteroatoms. The number of rotatable bonds is 6. The zero-order valence-electron chi connectivity index (χ0n) is 10.5. The highest BCUT2D eigenvalue weighted by atomic mass is 16.5. The molecule has 1 heterocycles. The number of hydrogen-bond donors (Lipinski definition) is 1. The monoisotopic (exact) mass is 252 g/mol. The van der Waals surface area contributed by atoms with E-state index in [-0.39, 0.29) is 17.8 Å². The van der Waals surface area contributed by atoms with Crippen LogP contribution in [-0.2, 0) is 13.2 Å². The van der Waals surface area contributed by atoms with Gasteiger partial charge in [0.25, 0.3) is 0 Å². The van der Waals surface area contributed by atoms with Gasteiger partial charge in [-0.3, -0.25) is 4.79 Å². The highest BCUT2D eigenvalue weighted by molar-refractivity contribution is 5.30. The lowest BCUT2D eigenvalue weighted by Gasteiger charge is -2.17. The maximum Gasteiger partial charge on any atom is 0.224 e. The van der Waals surface area contributed by atoms with Gasteiger partial charge in [-0.25, -0.2) is 0 Å². The molecule has 0 spiro atoms. The number of hydrogen-bond acceptors (Lipinski definition) is 4. The third-order valence-corrected chi connectivity index (χ3v) is 2.63. The van der Waals surface area contributed by atoms with Crippen molar-refractivity contribution in [3.05, 3.63) is 38.1 Å². The second kappa shape index (κ2) is 6.68. The second-order valence-electron chi connectivity index (χ2n) is 3.75. The predicted octanol–water partition coefficient (Wildman–Crippen LogP) is 1.36. The Hall–Kier alpha value is -1.98. The summed E-state index contributed by atoms with van der Waals surface area (Å²) in [6.45, 7) is 2.43. The van der Waals surface area contributed by atoms with Crippen molar-refractivity contribution in [1.29, 1.82) is 0 Å². The van der Waals surface area contributed by atoms with Gasteiger partial charge in [-0.1, -0.05) is 5.11 Å². The van der Waals surface area contributed by atoms with Gasteiger partial charge in [0.15, 0.2) is 5.75 Å². The summed E-state index contributed by atoms with van der Waals surface area (Å²) in [4.78, 5) is 14.3. The molecule has 0 radical (unpaired) electrons. The van der Waals surface area contributed by atoms with Gasteiger partial charge in [0.05, 0.1) is 19.4 Å². The molecule has 7 nitrogen and oxygen atoms in total. The fourth-order valence-electron chi connectivity index (χ4n) is 1.84. The number of aliphatic hydroxyl groups is 1. The summed E-state index contributed by atoms with van der Waals surface area (Å²) in [7, 11) is 1.40. The molecule has 0 amide bonds. The lowest BCUT2D eigenvalue weighted by atomic mass is 10.2. The van der Waals surface area contributed by atoms with Gasteiger partial charge in [-0.15, -0.1) is 0 Å². The Labute approximate surface area is 104 Å². The quantitative estimate of drug-likeness (QED) is 0.358. The minimum absolute atomic E-state index is 0.159. The molecule has 1 rings (SSSR count). The first-order valence-electron chi connectivity index (χ1n) is 5.54. The van der Waals surface area contributed by atoms with Crippen LogP contribution in [0.4, 0.5) is 0 Å². The van der Waals surface area contributed by atoms with Gasteiger partial charge in [-0.05, 0) is 18.9 Å². The fraction of sp³-hybridized carbons (Fsp3) is 0.545. The molecule has 1 N–H and O–H groups in total. The normalized spacial score (nSPS) is 9.94. The zero-order chi connectivity index (χ0) is 13.5. The molecular formula is C11H16N4O3. The van der Waals surface area contributed by atoms with Gasteiger partial charge in [0.1, 0.15) is 0 Å². The van der Waals surface area contributed by atoms with Crippen molar-refractivity contribution in [3.63, 3.8) is 0 Å². The number of nitrogens with zero attached hydrogens (tertiary/aromatic N) is 4. The van der Waals surface area contributed by atoms with E-state index in [9.17, 15) is 9.90 Å². The third-order valence-electron chi connectivity index (χ3n) is 2.63. The Morgan fingerprint density at radius 1 is 1.61 bits per heavy atom. The Bertz CT molecular complexity index is 518. The number of ether oxygens (including phenoxy) is 1. The SMILES string of the molecule is COc1c(CO)n(CCCN=[N+]=[N-])c(C)cc1=O. The van der Waals surface area contributed by atoms with Crippen LogP contribution in [-0.4, -0.2) is 23.3 Å². The molecule has 0 atom stereocenters. The Balaban J connectivity index is 3.08. The third kappa shape index (κ3) is 3.03. The van der Waals surface area contributed by atoms with Crippen LogP contribution in [0, 0.1) is 6.92 Å².